The maximum atomic E-state index is 11.2. The number of rotatable bonds is 1. The summed E-state index contributed by atoms with van der Waals surface area (Å²) in [5.74, 6) is -0.449. The molecule has 1 aliphatic rings. The van der Waals surface area contributed by atoms with Crippen LogP contribution < -0.4 is 11.1 Å². The Labute approximate surface area is 87.0 Å². The lowest BCUT2D eigenvalue weighted by molar-refractivity contribution is 0.0999. The average Bonchev–Trinajstić information content (AvgIpc) is 2.41. The molecule has 0 bridgehead atoms. The molecule has 76 valence electrons. The highest BCUT2D eigenvalue weighted by Gasteiger charge is 2.23. The fraction of sp³-hybridized carbons (Fsp3) is 0.444. The van der Waals surface area contributed by atoms with Gasteiger partial charge in [0.15, 0.2) is 0 Å². The normalized spacial score (nSPS) is 15.3. The molecule has 2 rings (SSSR count). The molecule has 0 atom stereocenters. The smallest absolute Gasteiger partial charge is 0.252 e. The van der Waals surface area contributed by atoms with Crippen molar-refractivity contribution in [1.82, 2.24) is 9.88 Å². The summed E-state index contributed by atoms with van der Waals surface area (Å²) in [4.78, 5) is 11.2. The number of fused-ring (bicyclic) bond motifs is 1. The van der Waals surface area contributed by atoms with E-state index in [2.05, 4.69) is 9.88 Å². The van der Waals surface area contributed by atoms with Crippen LogP contribution in [-0.2, 0) is 13.1 Å². The van der Waals surface area contributed by atoms with E-state index in [1.165, 1.54) is 0 Å². The summed E-state index contributed by atoms with van der Waals surface area (Å²) in [5, 5.41) is 3.69. The van der Waals surface area contributed by atoms with Gasteiger partial charge in [0.1, 0.15) is 0 Å². The van der Waals surface area contributed by atoms with Gasteiger partial charge in [0.05, 0.1) is 10.6 Å². The number of nitrogens with two attached hydrogens (primary N) is 1. The third-order valence-corrected chi connectivity index (χ3v) is 3.07. The molecule has 1 aromatic heterocycles. The Balaban J connectivity index is 2.65. The topological polar surface area (TPSA) is 60.1 Å². The number of primary amides is 1. The minimum atomic E-state index is -0.449. The van der Waals surface area contributed by atoms with Crippen molar-refractivity contribution in [2.45, 2.75) is 20.0 Å². The first-order valence-corrected chi connectivity index (χ1v) is 4.88. The number of hydrogen-bond acceptors (Lipinski definition) is 2. The van der Waals surface area contributed by atoms with Crippen molar-refractivity contribution in [2.75, 3.05) is 6.54 Å². The number of aromatic nitrogens is 1. The number of nitrogens with zero attached hydrogens (tertiary/aromatic N) is 1. The third kappa shape index (κ3) is 1.22. The SMILES string of the molecule is Cc1c(Cl)c(C(N)=O)c2n1CCNC2. The molecule has 0 saturated carbocycles. The second-order valence-corrected chi connectivity index (χ2v) is 3.79. The Morgan fingerprint density at radius 2 is 2.36 bits per heavy atom. The Morgan fingerprint density at radius 3 is 3.00 bits per heavy atom. The fourth-order valence-electron chi connectivity index (χ4n) is 1.90. The van der Waals surface area contributed by atoms with Crippen LogP contribution in [-0.4, -0.2) is 17.0 Å². The van der Waals surface area contributed by atoms with Crippen molar-refractivity contribution in [3.8, 4) is 0 Å². The van der Waals surface area contributed by atoms with Gasteiger partial charge in [0.2, 0.25) is 0 Å². The Kier molecular flexibility index (Phi) is 2.25. The number of hydrogen-bond donors (Lipinski definition) is 2. The molecule has 4 nitrogen and oxygen atoms in total. The molecule has 3 N–H and O–H groups in total. The molecule has 1 aromatic rings. The summed E-state index contributed by atoms with van der Waals surface area (Å²) < 4.78 is 2.05. The zero-order valence-corrected chi connectivity index (χ0v) is 8.69. The maximum absolute atomic E-state index is 11.2. The molecule has 1 amide bonds. The maximum Gasteiger partial charge on any atom is 0.252 e. The molecule has 14 heavy (non-hydrogen) atoms. The number of carbonyl (C=O) groups excluding carboxylic acids is 1. The summed E-state index contributed by atoms with van der Waals surface area (Å²) in [6, 6.07) is 0. The van der Waals surface area contributed by atoms with Crippen molar-refractivity contribution >= 4 is 17.5 Å². The summed E-state index contributed by atoms with van der Waals surface area (Å²) in [7, 11) is 0. The summed E-state index contributed by atoms with van der Waals surface area (Å²) in [5.41, 5.74) is 7.59. The van der Waals surface area contributed by atoms with E-state index in [9.17, 15) is 4.79 Å². The van der Waals surface area contributed by atoms with Crippen LogP contribution in [0.3, 0.4) is 0 Å². The van der Waals surface area contributed by atoms with E-state index in [0.717, 1.165) is 24.5 Å². The van der Waals surface area contributed by atoms with Gasteiger partial charge in [-0.25, -0.2) is 0 Å². The van der Waals surface area contributed by atoms with Gasteiger partial charge in [-0.1, -0.05) is 11.6 Å². The highest BCUT2D eigenvalue weighted by molar-refractivity contribution is 6.34. The molecule has 0 unspecified atom stereocenters. The largest absolute Gasteiger partial charge is 0.365 e. The first-order chi connectivity index (χ1) is 6.63. The fourth-order valence-corrected chi connectivity index (χ4v) is 2.20. The van der Waals surface area contributed by atoms with E-state index in [4.69, 9.17) is 17.3 Å². The van der Waals surface area contributed by atoms with Crippen LogP contribution in [0.4, 0.5) is 0 Å². The van der Waals surface area contributed by atoms with Gasteiger partial charge in [0.25, 0.3) is 5.91 Å². The molecule has 0 aromatic carbocycles. The number of nitrogens with one attached hydrogen (secondary N) is 1. The molecule has 0 fully saturated rings. The second kappa shape index (κ2) is 3.29. The number of amides is 1. The van der Waals surface area contributed by atoms with Crippen LogP contribution >= 0.6 is 11.6 Å². The molecule has 1 aliphatic heterocycles. The minimum Gasteiger partial charge on any atom is -0.365 e. The molecule has 2 heterocycles. The predicted molar refractivity (Wildman–Crippen MR) is 54.4 cm³/mol. The molecule has 0 radical (unpaired) electrons. The molecule has 0 spiro atoms. The zero-order chi connectivity index (χ0) is 10.3. The lowest BCUT2D eigenvalue weighted by atomic mass is 10.2. The van der Waals surface area contributed by atoms with Crippen LogP contribution in [0.2, 0.25) is 5.02 Å². The van der Waals surface area contributed by atoms with Gasteiger partial charge in [-0.05, 0) is 6.92 Å². The van der Waals surface area contributed by atoms with Crippen LogP contribution in [0.1, 0.15) is 21.7 Å². The van der Waals surface area contributed by atoms with Crippen molar-refractivity contribution in [2.24, 2.45) is 5.73 Å². The van der Waals surface area contributed by atoms with Gasteiger partial charge in [0, 0.05) is 31.0 Å². The van der Waals surface area contributed by atoms with Crippen LogP contribution in [0.5, 0.6) is 0 Å². The van der Waals surface area contributed by atoms with Crippen molar-refractivity contribution in [1.29, 1.82) is 0 Å². The monoisotopic (exact) mass is 213 g/mol. The lowest BCUT2D eigenvalue weighted by Gasteiger charge is -2.18. The Hall–Kier alpha value is -1.00. The van der Waals surface area contributed by atoms with E-state index in [1.54, 1.807) is 0 Å². The van der Waals surface area contributed by atoms with E-state index in [0.29, 0.717) is 17.1 Å². The van der Waals surface area contributed by atoms with Crippen molar-refractivity contribution < 1.29 is 4.79 Å². The summed E-state index contributed by atoms with van der Waals surface area (Å²) in [6.45, 7) is 4.31. The van der Waals surface area contributed by atoms with Crippen molar-refractivity contribution in [3.05, 3.63) is 22.0 Å². The van der Waals surface area contributed by atoms with Gasteiger partial charge in [-0.3, -0.25) is 4.79 Å². The Morgan fingerprint density at radius 1 is 1.64 bits per heavy atom. The van der Waals surface area contributed by atoms with E-state index in [-0.39, 0.29) is 0 Å². The highest BCUT2D eigenvalue weighted by atomic mass is 35.5. The van der Waals surface area contributed by atoms with E-state index >= 15 is 0 Å². The predicted octanol–water partition coefficient (Wildman–Crippen LogP) is 0.652. The summed E-state index contributed by atoms with van der Waals surface area (Å²) in [6.07, 6.45) is 0. The van der Waals surface area contributed by atoms with Crippen molar-refractivity contribution in [3.63, 3.8) is 0 Å². The van der Waals surface area contributed by atoms with Gasteiger partial charge in [-0.15, -0.1) is 0 Å². The van der Waals surface area contributed by atoms with Gasteiger partial charge in [-0.2, -0.15) is 0 Å². The first kappa shape index (κ1) is 9.55. The molecule has 0 aliphatic carbocycles. The average molecular weight is 214 g/mol. The number of halogens is 1. The molecule has 5 heteroatoms. The lowest BCUT2D eigenvalue weighted by Crippen LogP contribution is -2.30. The van der Waals surface area contributed by atoms with E-state index < -0.39 is 5.91 Å². The number of carbonyl (C=O) groups is 1. The standard InChI is InChI=1S/C9H12ClN3O/c1-5-8(10)7(9(11)14)6-4-12-2-3-13(5)6/h12H,2-4H2,1H3,(H2,11,14). The quantitative estimate of drug-likeness (QED) is 0.720. The van der Waals surface area contributed by atoms with E-state index in [1.807, 2.05) is 6.92 Å². The van der Waals surface area contributed by atoms with Crippen LogP contribution in [0.15, 0.2) is 0 Å². The van der Waals surface area contributed by atoms with Gasteiger partial charge < -0.3 is 15.6 Å². The summed E-state index contributed by atoms with van der Waals surface area (Å²) >= 11 is 6.05. The zero-order valence-electron chi connectivity index (χ0n) is 7.93. The molecular formula is C9H12ClN3O. The minimum absolute atomic E-state index is 0.449. The van der Waals surface area contributed by atoms with Crippen LogP contribution in [0.25, 0.3) is 0 Å². The highest BCUT2D eigenvalue weighted by Crippen LogP contribution is 2.28. The van der Waals surface area contributed by atoms with Gasteiger partial charge >= 0.3 is 0 Å². The first-order valence-electron chi connectivity index (χ1n) is 4.51. The Bertz CT molecular complexity index is 397. The third-order valence-electron chi connectivity index (χ3n) is 2.61. The second-order valence-electron chi connectivity index (χ2n) is 3.41. The molecular weight excluding hydrogens is 202 g/mol. The van der Waals surface area contributed by atoms with Crippen LogP contribution in [0, 0.1) is 6.92 Å². The molecule has 0 saturated heterocycles.